The van der Waals surface area contributed by atoms with E-state index in [9.17, 15) is 9.59 Å². The van der Waals surface area contributed by atoms with Crippen LogP contribution in [-0.2, 0) is 6.42 Å². The highest BCUT2D eigenvalue weighted by atomic mass is 32.1. The Bertz CT molecular complexity index is 898. The van der Waals surface area contributed by atoms with Gasteiger partial charge in [0.15, 0.2) is 0 Å². The molecule has 0 saturated carbocycles. The number of hydrogen-bond acceptors (Lipinski definition) is 6. The molecule has 0 spiro atoms. The molecule has 2 heterocycles. The number of benzene rings is 1. The van der Waals surface area contributed by atoms with Crippen molar-refractivity contribution >= 4 is 23.1 Å². The van der Waals surface area contributed by atoms with Crippen LogP contribution in [0.5, 0.6) is 0 Å². The number of nitrogens with zero attached hydrogens (tertiary/aromatic N) is 3. The van der Waals surface area contributed by atoms with Crippen LogP contribution in [0.15, 0.2) is 41.2 Å². The highest BCUT2D eigenvalue weighted by Crippen LogP contribution is 2.26. The molecule has 0 saturated heterocycles. The number of aromatic amines is 1. The standard InChI is InChI=1S/C16H15N5O2S/c1-2-5-13-15(24-21-19-13)16(23)17-11-7-4-3-6-10(11)12-8-9-14(22)20-18-12/h3-4,6-9H,2,5H2,1H3,(H,17,23)(H,20,22). The molecule has 122 valence electrons. The molecule has 24 heavy (non-hydrogen) atoms. The molecular weight excluding hydrogens is 326 g/mol. The van der Waals surface area contributed by atoms with E-state index >= 15 is 0 Å². The van der Waals surface area contributed by atoms with Crippen molar-refractivity contribution in [3.8, 4) is 11.3 Å². The van der Waals surface area contributed by atoms with Crippen molar-refractivity contribution in [3.05, 3.63) is 57.3 Å². The summed E-state index contributed by atoms with van der Waals surface area (Å²) in [6.45, 7) is 2.03. The minimum Gasteiger partial charge on any atom is -0.321 e. The Morgan fingerprint density at radius 1 is 1.25 bits per heavy atom. The summed E-state index contributed by atoms with van der Waals surface area (Å²) in [5, 5.41) is 13.3. The Hall–Kier alpha value is -2.87. The summed E-state index contributed by atoms with van der Waals surface area (Å²) in [7, 11) is 0. The Kier molecular flexibility index (Phi) is 4.76. The SMILES string of the molecule is CCCc1nnsc1C(=O)Nc1ccccc1-c1ccc(=O)[nH]n1. The van der Waals surface area contributed by atoms with Crippen molar-refractivity contribution in [1.82, 2.24) is 19.8 Å². The first-order valence-electron chi connectivity index (χ1n) is 7.46. The van der Waals surface area contributed by atoms with Crippen molar-refractivity contribution in [2.45, 2.75) is 19.8 Å². The fourth-order valence-corrected chi connectivity index (χ4v) is 2.87. The number of carbonyl (C=O) groups is 1. The van der Waals surface area contributed by atoms with E-state index in [2.05, 4.69) is 25.1 Å². The highest BCUT2D eigenvalue weighted by molar-refractivity contribution is 7.08. The number of hydrogen-bond donors (Lipinski definition) is 2. The van der Waals surface area contributed by atoms with Crippen LogP contribution in [0.3, 0.4) is 0 Å². The van der Waals surface area contributed by atoms with Crippen LogP contribution in [0.1, 0.15) is 28.7 Å². The van der Waals surface area contributed by atoms with Crippen LogP contribution >= 0.6 is 11.5 Å². The largest absolute Gasteiger partial charge is 0.321 e. The minimum atomic E-state index is -0.278. The van der Waals surface area contributed by atoms with Gasteiger partial charge in [0.25, 0.3) is 11.5 Å². The van der Waals surface area contributed by atoms with E-state index in [0.29, 0.717) is 28.4 Å². The molecule has 0 aliphatic heterocycles. The summed E-state index contributed by atoms with van der Waals surface area (Å²) in [6.07, 6.45) is 1.60. The van der Waals surface area contributed by atoms with Crippen LogP contribution in [-0.4, -0.2) is 25.7 Å². The van der Waals surface area contributed by atoms with Crippen LogP contribution in [0, 0.1) is 0 Å². The van der Waals surface area contributed by atoms with E-state index in [-0.39, 0.29) is 11.5 Å². The summed E-state index contributed by atoms with van der Waals surface area (Å²) >= 11 is 1.08. The fourth-order valence-electron chi connectivity index (χ4n) is 2.27. The molecule has 1 amide bonds. The van der Waals surface area contributed by atoms with Gasteiger partial charge < -0.3 is 5.32 Å². The van der Waals surface area contributed by atoms with Crippen molar-refractivity contribution in [2.24, 2.45) is 0 Å². The monoisotopic (exact) mass is 341 g/mol. The molecule has 0 aliphatic rings. The number of aryl methyl sites for hydroxylation is 1. The van der Waals surface area contributed by atoms with E-state index in [1.807, 2.05) is 25.1 Å². The Labute approximate surface area is 141 Å². The molecule has 0 fully saturated rings. The number of nitrogens with one attached hydrogen (secondary N) is 2. The average molecular weight is 341 g/mol. The van der Waals surface area contributed by atoms with Gasteiger partial charge in [-0.25, -0.2) is 5.10 Å². The Morgan fingerprint density at radius 2 is 2.08 bits per heavy atom. The number of carbonyl (C=O) groups excluding carboxylic acids is 1. The van der Waals surface area contributed by atoms with Crippen LogP contribution in [0.2, 0.25) is 0 Å². The quantitative estimate of drug-likeness (QED) is 0.742. The summed E-state index contributed by atoms with van der Waals surface area (Å²) < 4.78 is 3.87. The van der Waals surface area contributed by atoms with E-state index in [0.717, 1.165) is 23.5 Å². The third kappa shape index (κ3) is 3.38. The normalized spacial score (nSPS) is 10.5. The number of aromatic nitrogens is 4. The second-order valence-electron chi connectivity index (χ2n) is 5.10. The lowest BCUT2D eigenvalue weighted by molar-refractivity contribution is 0.102. The van der Waals surface area contributed by atoms with Gasteiger partial charge in [0, 0.05) is 11.6 Å². The smallest absolute Gasteiger partial charge is 0.269 e. The van der Waals surface area contributed by atoms with Gasteiger partial charge in [-0.3, -0.25) is 9.59 Å². The molecule has 3 rings (SSSR count). The van der Waals surface area contributed by atoms with Gasteiger partial charge >= 0.3 is 0 Å². The Morgan fingerprint density at radius 3 is 2.83 bits per heavy atom. The zero-order chi connectivity index (χ0) is 16.9. The maximum Gasteiger partial charge on any atom is 0.269 e. The molecule has 0 atom stereocenters. The second kappa shape index (κ2) is 7.14. The average Bonchev–Trinajstić information content (AvgIpc) is 3.05. The maximum atomic E-state index is 12.5. The number of amides is 1. The summed E-state index contributed by atoms with van der Waals surface area (Å²) in [6, 6.07) is 10.3. The lowest BCUT2D eigenvalue weighted by atomic mass is 10.1. The minimum absolute atomic E-state index is 0.245. The van der Waals surface area contributed by atoms with Crippen LogP contribution < -0.4 is 10.9 Å². The molecule has 0 aliphatic carbocycles. The van der Waals surface area contributed by atoms with Crippen molar-refractivity contribution < 1.29 is 4.79 Å². The molecule has 0 unspecified atom stereocenters. The number of para-hydroxylation sites is 1. The molecule has 1 aromatic carbocycles. The predicted octanol–water partition coefficient (Wildman–Crippen LogP) is 2.49. The second-order valence-corrected chi connectivity index (χ2v) is 5.86. The third-order valence-electron chi connectivity index (χ3n) is 3.38. The van der Waals surface area contributed by atoms with Gasteiger partial charge in [0.2, 0.25) is 0 Å². The van der Waals surface area contributed by atoms with Crippen molar-refractivity contribution in [2.75, 3.05) is 5.32 Å². The molecular formula is C16H15N5O2S. The molecule has 8 heteroatoms. The van der Waals surface area contributed by atoms with Gasteiger partial charge in [-0.05, 0) is 30.1 Å². The zero-order valence-electron chi connectivity index (χ0n) is 12.9. The van der Waals surface area contributed by atoms with E-state index in [4.69, 9.17) is 0 Å². The van der Waals surface area contributed by atoms with Crippen LogP contribution in [0.25, 0.3) is 11.3 Å². The summed E-state index contributed by atoms with van der Waals surface area (Å²) in [4.78, 5) is 24.2. The lowest BCUT2D eigenvalue weighted by Crippen LogP contribution is -2.14. The van der Waals surface area contributed by atoms with E-state index in [1.165, 1.54) is 6.07 Å². The number of anilines is 1. The topological polar surface area (TPSA) is 101 Å². The van der Waals surface area contributed by atoms with Gasteiger partial charge in [-0.2, -0.15) is 5.10 Å². The van der Waals surface area contributed by atoms with Gasteiger partial charge in [0.1, 0.15) is 4.88 Å². The van der Waals surface area contributed by atoms with E-state index < -0.39 is 0 Å². The number of H-pyrrole nitrogens is 1. The number of rotatable bonds is 5. The van der Waals surface area contributed by atoms with Gasteiger partial charge in [-0.1, -0.05) is 36.0 Å². The van der Waals surface area contributed by atoms with Crippen molar-refractivity contribution in [3.63, 3.8) is 0 Å². The summed E-state index contributed by atoms with van der Waals surface area (Å²) in [5.74, 6) is -0.245. The molecule has 2 N–H and O–H groups in total. The first-order chi connectivity index (χ1) is 11.7. The van der Waals surface area contributed by atoms with Crippen LogP contribution in [0.4, 0.5) is 5.69 Å². The van der Waals surface area contributed by atoms with E-state index in [1.54, 1.807) is 12.1 Å². The summed E-state index contributed by atoms with van der Waals surface area (Å²) in [5.41, 5.74) is 2.33. The first-order valence-corrected chi connectivity index (χ1v) is 8.24. The molecule has 0 radical (unpaired) electrons. The Balaban J connectivity index is 1.90. The van der Waals surface area contributed by atoms with Gasteiger partial charge in [-0.15, -0.1) is 5.10 Å². The first kappa shape index (κ1) is 16.0. The maximum absolute atomic E-state index is 12.5. The van der Waals surface area contributed by atoms with Crippen molar-refractivity contribution in [1.29, 1.82) is 0 Å². The fraction of sp³-hybridized carbons (Fsp3) is 0.188. The molecule has 3 aromatic rings. The molecule has 7 nitrogen and oxygen atoms in total. The third-order valence-corrected chi connectivity index (χ3v) is 4.15. The highest BCUT2D eigenvalue weighted by Gasteiger charge is 2.17. The molecule has 0 bridgehead atoms. The lowest BCUT2D eigenvalue weighted by Gasteiger charge is -2.10. The molecule has 2 aromatic heterocycles. The zero-order valence-corrected chi connectivity index (χ0v) is 13.8. The predicted molar refractivity (Wildman–Crippen MR) is 92.2 cm³/mol. The van der Waals surface area contributed by atoms with Gasteiger partial charge in [0.05, 0.1) is 17.1 Å².